The molecule has 1 aliphatic rings. The van der Waals surface area contributed by atoms with Gasteiger partial charge in [0.1, 0.15) is 0 Å². The van der Waals surface area contributed by atoms with Crippen molar-refractivity contribution in [3.63, 3.8) is 0 Å². The van der Waals surface area contributed by atoms with Gasteiger partial charge in [-0.05, 0) is 68.3 Å². The van der Waals surface area contributed by atoms with E-state index in [9.17, 15) is 0 Å². The molecule has 0 heterocycles. The fourth-order valence-electron chi connectivity index (χ4n) is 2.49. The SMILES string of the molecule is Cl.N[C@H](c1ccc(Br)c(Br)c1)C1CCCCC1. The third-order valence-electron chi connectivity index (χ3n) is 3.49. The summed E-state index contributed by atoms with van der Waals surface area (Å²) in [5, 5.41) is 0. The number of nitrogens with two attached hydrogens (primary N) is 1. The van der Waals surface area contributed by atoms with Crippen LogP contribution < -0.4 is 5.73 Å². The molecule has 2 rings (SSSR count). The van der Waals surface area contributed by atoms with Gasteiger partial charge in [0, 0.05) is 15.0 Å². The second kappa shape index (κ2) is 7.13. The number of benzene rings is 1. The van der Waals surface area contributed by atoms with Gasteiger partial charge in [0.05, 0.1) is 0 Å². The molecule has 0 saturated heterocycles. The van der Waals surface area contributed by atoms with Crippen LogP contribution in [0.25, 0.3) is 0 Å². The first kappa shape index (κ1) is 15.5. The van der Waals surface area contributed by atoms with Gasteiger partial charge in [0.2, 0.25) is 0 Å². The summed E-state index contributed by atoms with van der Waals surface area (Å²) in [6.07, 6.45) is 6.64. The lowest BCUT2D eigenvalue weighted by molar-refractivity contribution is 0.308. The third-order valence-corrected chi connectivity index (χ3v) is 5.37. The van der Waals surface area contributed by atoms with Crippen LogP contribution in [0, 0.1) is 5.92 Å². The fraction of sp³-hybridized carbons (Fsp3) is 0.538. The van der Waals surface area contributed by atoms with Crippen LogP contribution in [0.3, 0.4) is 0 Å². The molecule has 2 N–H and O–H groups in total. The van der Waals surface area contributed by atoms with Crippen molar-refractivity contribution >= 4 is 44.3 Å². The lowest BCUT2D eigenvalue weighted by Crippen LogP contribution is -2.23. The average molecular weight is 384 g/mol. The van der Waals surface area contributed by atoms with Gasteiger partial charge in [0.15, 0.2) is 0 Å². The van der Waals surface area contributed by atoms with Crippen LogP contribution in [-0.2, 0) is 0 Å². The number of halogens is 3. The second-order valence-electron chi connectivity index (χ2n) is 4.60. The molecule has 1 aromatic carbocycles. The first-order chi connectivity index (χ1) is 7.68. The van der Waals surface area contributed by atoms with Gasteiger partial charge in [-0.3, -0.25) is 0 Å². The Bertz CT molecular complexity index is 364. The molecular weight excluding hydrogens is 365 g/mol. The molecule has 17 heavy (non-hydrogen) atoms. The monoisotopic (exact) mass is 381 g/mol. The molecule has 0 spiro atoms. The van der Waals surface area contributed by atoms with Crippen LogP contribution in [0.1, 0.15) is 43.7 Å². The lowest BCUT2D eigenvalue weighted by Gasteiger charge is -2.28. The standard InChI is InChI=1S/C13H17Br2N.ClH/c14-11-7-6-10(8-12(11)15)13(16)9-4-2-1-3-5-9;/h6-9,13H,1-5,16H2;1H/t13-;/m0./s1. The third kappa shape index (κ3) is 3.95. The summed E-state index contributed by atoms with van der Waals surface area (Å²) in [6, 6.07) is 6.55. The van der Waals surface area contributed by atoms with E-state index in [0.29, 0.717) is 5.92 Å². The van der Waals surface area contributed by atoms with Crippen LogP contribution in [0.4, 0.5) is 0 Å². The van der Waals surface area contributed by atoms with Crippen LogP contribution in [0.2, 0.25) is 0 Å². The smallest absolute Gasteiger partial charge is 0.0323 e. The highest BCUT2D eigenvalue weighted by Crippen LogP contribution is 2.34. The van der Waals surface area contributed by atoms with Crippen LogP contribution in [0.5, 0.6) is 0 Å². The maximum atomic E-state index is 6.35. The van der Waals surface area contributed by atoms with Crippen molar-refractivity contribution in [2.75, 3.05) is 0 Å². The van der Waals surface area contributed by atoms with E-state index in [1.54, 1.807) is 0 Å². The van der Waals surface area contributed by atoms with Gasteiger partial charge in [-0.25, -0.2) is 0 Å². The molecule has 1 saturated carbocycles. The maximum absolute atomic E-state index is 6.35. The van der Waals surface area contributed by atoms with Crippen molar-refractivity contribution in [2.24, 2.45) is 11.7 Å². The van der Waals surface area contributed by atoms with E-state index in [1.165, 1.54) is 37.7 Å². The topological polar surface area (TPSA) is 26.0 Å². The average Bonchev–Trinajstić information content (AvgIpc) is 2.33. The highest BCUT2D eigenvalue weighted by Gasteiger charge is 2.21. The summed E-state index contributed by atoms with van der Waals surface area (Å²) in [7, 11) is 0. The zero-order valence-corrected chi connectivity index (χ0v) is 13.7. The molecule has 1 aromatic rings. The van der Waals surface area contributed by atoms with Gasteiger partial charge in [-0.2, -0.15) is 0 Å². The molecule has 4 heteroatoms. The molecule has 1 fully saturated rings. The number of hydrogen-bond donors (Lipinski definition) is 1. The van der Waals surface area contributed by atoms with Gasteiger partial charge >= 0.3 is 0 Å². The number of rotatable bonds is 2. The van der Waals surface area contributed by atoms with E-state index in [-0.39, 0.29) is 18.4 Å². The van der Waals surface area contributed by atoms with Crippen LogP contribution in [-0.4, -0.2) is 0 Å². The van der Waals surface area contributed by atoms with E-state index in [1.807, 2.05) is 0 Å². The summed E-state index contributed by atoms with van der Waals surface area (Å²) in [6.45, 7) is 0. The van der Waals surface area contributed by atoms with Crippen molar-refractivity contribution in [2.45, 2.75) is 38.1 Å². The van der Waals surface area contributed by atoms with E-state index in [0.717, 1.165) is 8.95 Å². The summed E-state index contributed by atoms with van der Waals surface area (Å²) in [5.41, 5.74) is 7.60. The summed E-state index contributed by atoms with van der Waals surface area (Å²) >= 11 is 7.02. The maximum Gasteiger partial charge on any atom is 0.0323 e. The normalized spacial score (nSPS) is 18.5. The minimum atomic E-state index is 0. The zero-order chi connectivity index (χ0) is 11.5. The Hall–Kier alpha value is 0.430. The van der Waals surface area contributed by atoms with Crippen LogP contribution >= 0.6 is 44.3 Å². The van der Waals surface area contributed by atoms with Gasteiger partial charge in [-0.15, -0.1) is 12.4 Å². The van der Waals surface area contributed by atoms with E-state index < -0.39 is 0 Å². The van der Waals surface area contributed by atoms with Crippen molar-refractivity contribution < 1.29 is 0 Å². The summed E-state index contributed by atoms with van der Waals surface area (Å²) in [5.74, 6) is 0.668. The first-order valence-corrected chi connectivity index (χ1v) is 7.47. The predicted molar refractivity (Wildman–Crippen MR) is 82.6 cm³/mol. The quantitative estimate of drug-likeness (QED) is 0.745. The predicted octanol–water partition coefficient (Wildman–Crippen LogP) is 5.21. The Labute approximate surface area is 126 Å². The van der Waals surface area contributed by atoms with Crippen molar-refractivity contribution in [1.29, 1.82) is 0 Å². The van der Waals surface area contributed by atoms with E-state index >= 15 is 0 Å². The van der Waals surface area contributed by atoms with E-state index in [4.69, 9.17) is 5.73 Å². The molecule has 1 aliphatic carbocycles. The Morgan fingerprint density at radius 1 is 1.06 bits per heavy atom. The molecule has 1 nitrogen and oxygen atoms in total. The van der Waals surface area contributed by atoms with Gasteiger partial charge in [-0.1, -0.05) is 25.3 Å². The fourth-order valence-corrected chi connectivity index (χ4v) is 3.13. The van der Waals surface area contributed by atoms with Crippen molar-refractivity contribution in [3.8, 4) is 0 Å². The highest BCUT2D eigenvalue weighted by molar-refractivity contribution is 9.13. The molecular formula is C13H18Br2ClN. The van der Waals surface area contributed by atoms with E-state index in [2.05, 4.69) is 50.1 Å². The second-order valence-corrected chi connectivity index (χ2v) is 6.31. The summed E-state index contributed by atoms with van der Waals surface area (Å²) < 4.78 is 2.18. The largest absolute Gasteiger partial charge is 0.324 e. The minimum absolute atomic E-state index is 0. The molecule has 96 valence electrons. The van der Waals surface area contributed by atoms with Gasteiger partial charge in [0.25, 0.3) is 0 Å². The zero-order valence-electron chi connectivity index (χ0n) is 9.66. The van der Waals surface area contributed by atoms with Crippen molar-refractivity contribution in [1.82, 2.24) is 0 Å². The first-order valence-electron chi connectivity index (χ1n) is 5.89. The molecule has 0 radical (unpaired) electrons. The van der Waals surface area contributed by atoms with Gasteiger partial charge < -0.3 is 5.73 Å². The van der Waals surface area contributed by atoms with Crippen molar-refractivity contribution in [3.05, 3.63) is 32.7 Å². The highest BCUT2D eigenvalue weighted by atomic mass is 79.9. The molecule has 0 aromatic heterocycles. The molecule has 0 aliphatic heterocycles. The van der Waals surface area contributed by atoms with Crippen LogP contribution in [0.15, 0.2) is 27.1 Å². The molecule has 1 atom stereocenters. The lowest BCUT2D eigenvalue weighted by atomic mass is 9.81. The molecule has 0 amide bonds. The molecule has 0 unspecified atom stereocenters. The Balaban J connectivity index is 0.00000144. The number of hydrogen-bond acceptors (Lipinski definition) is 1. The Kier molecular flexibility index (Phi) is 6.49. The summed E-state index contributed by atoms with van der Waals surface area (Å²) in [4.78, 5) is 0. The Morgan fingerprint density at radius 3 is 2.29 bits per heavy atom. The minimum Gasteiger partial charge on any atom is -0.324 e. The Morgan fingerprint density at radius 2 is 1.71 bits per heavy atom. The molecule has 0 bridgehead atoms.